The number of Topliss-reactive ketones (excluding diaryl/α,β-unsaturated/α-hetero) is 1. The van der Waals surface area contributed by atoms with E-state index >= 15 is 0 Å². The van der Waals surface area contributed by atoms with Gasteiger partial charge in [-0.05, 0) is 12.1 Å². The van der Waals surface area contributed by atoms with Crippen LogP contribution in [-0.2, 0) is 0 Å². The number of ketones is 1. The van der Waals surface area contributed by atoms with Crippen molar-refractivity contribution in [2.24, 2.45) is 0 Å². The molecule has 0 aliphatic heterocycles. The van der Waals surface area contributed by atoms with Gasteiger partial charge in [-0.15, -0.1) is 0 Å². The van der Waals surface area contributed by atoms with Crippen LogP contribution in [0.25, 0.3) is 10.9 Å². The Morgan fingerprint density at radius 2 is 2.27 bits per heavy atom. The number of nitrogens with one attached hydrogen (secondary N) is 1. The van der Waals surface area contributed by atoms with Crippen molar-refractivity contribution in [2.75, 3.05) is 0 Å². The average molecular weight is 223 g/mol. The third-order valence-electron chi connectivity index (χ3n) is 2.07. The number of aromatic nitrogens is 1. The van der Waals surface area contributed by atoms with E-state index < -0.39 is 11.6 Å². The first-order valence-corrected chi connectivity index (χ1v) is 4.42. The van der Waals surface area contributed by atoms with Crippen molar-refractivity contribution in [1.82, 2.24) is 4.98 Å². The van der Waals surface area contributed by atoms with Crippen LogP contribution >= 0.6 is 11.6 Å². The van der Waals surface area contributed by atoms with Crippen LogP contribution in [0.3, 0.4) is 0 Å². The van der Waals surface area contributed by atoms with E-state index in [9.17, 15) is 9.18 Å². The van der Waals surface area contributed by atoms with Gasteiger partial charge in [0.05, 0.1) is 10.6 Å². The largest absolute Gasteiger partial charge is 0.360 e. The number of aromatic amines is 1. The highest BCUT2D eigenvalue weighted by Crippen LogP contribution is 2.25. The lowest BCUT2D eigenvalue weighted by Crippen LogP contribution is -1.92. The molecule has 0 spiro atoms. The molecule has 0 aliphatic rings. The van der Waals surface area contributed by atoms with Crippen molar-refractivity contribution in [3.63, 3.8) is 0 Å². The molecule has 1 N–H and O–H groups in total. The minimum atomic E-state index is -0.706. The molecular weight excluding hydrogens is 219 g/mol. The Kier molecular flexibility index (Phi) is 2.18. The van der Waals surface area contributed by atoms with Gasteiger partial charge in [-0.25, -0.2) is 4.39 Å². The van der Waals surface area contributed by atoms with Crippen LogP contribution in [0.4, 0.5) is 4.39 Å². The van der Waals surface area contributed by atoms with E-state index in [0.717, 1.165) is 6.07 Å². The molecule has 1 aromatic heterocycles. The van der Waals surface area contributed by atoms with Gasteiger partial charge >= 0.3 is 0 Å². The summed E-state index contributed by atoms with van der Waals surface area (Å²) in [6.07, 6.45) is 1.37. The molecule has 15 heavy (non-hydrogen) atoms. The van der Waals surface area contributed by atoms with Gasteiger partial charge < -0.3 is 4.98 Å². The molecule has 0 saturated heterocycles. The van der Waals surface area contributed by atoms with Gasteiger partial charge in [0, 0.05) is 17.1 Å². The molecule has 0 atom stereocenters. The number of nitrogens with zero attached hydrogens (tertiary/aromatic N) is 1. The third kappa shape index (κ3) is 1.47. The highest BCUT2D eigenvalue weighted by molar-refractivity contribution is 6.31. The van der Waals surface area contributed by atoms with Gasteiger partial charge in [-0.3, -0.25) is 4.79 Å². The summed E-state index contributed by atoms with van der Waals surface area (Å²) in [7, 11) is 0. The molecule has 1 heterocycles. The number of benzene rings is 1. The Labute approximate surface area is 89.1 Å². The van der Waals surface area contributed by atoms with E-state index in [4.69, 9.17) is 16.9 Å². The van der Waals surface area contributed by atoms with E-state index in [1.165, 1.54) is 18.3 Å². The van der Waals surface area contributed by atoms with Crippen molar-refractivity contribution < 1.29 is 9.18 Å². The Hall–Kier alpha value is -1.86. The fourth-order valence-electron chi connectivity index (χ4n) is 1.36. The number of rotatable bonds is 1. The number of fused-ring (bicyclic) bond motifs is 1. The Morgan fingerprint density at radius 3 is 2.93 bits per heavy atom. The molecule has 2 aromatic rings. The minimum Gasteiger partial charge on any atom is -0.360 e. The van der Waals surface area contributed by atoms with Gasteiger partial charge in [-0.2, -0.15) is 5.26 Å². The molecule has 0 unspecified atom stereocenters. The van der Waals surface area contributed by atoms with Crippen LogP contribution in [-0.4, -0.2) is 10.8 Å². The van der Waals surface area contributed by atoms with Gasteiger partial charge in [-0.1, -0.05) is 11.6 Å². The normalized spacial score (nSPS) is 10.2. The van der Waals surface area contributed by atoms with Crippen LogP contribution < -0.4 is 0 Å². The quantitative estimate of drug-likeness (QED) is 0.596. The van der Waals surface area contributed by atoms with Crippen LogP contribution in [0.15, 0.2) is 18.3 Å². The zero-order chi connectivity index (χ0) is 11.0. The zero-order valence-corrected chi connectivity index (χ0v) is 8.10. The van der Waals surface area contributed by atoms with E-state index in [1.807, 2.05) is 0 Å². The molecule has 0 bridgehead atoms. The first kappa shape index (κ1) is 9.69. The monoisotopic (exact) mass is 222 g/mol. The number of carbonyl (C=O) groups excluding carboxylic acids is 1. The van der Waals surface area contributed by atoms with E-state index in [0.29, 0.717) is 10.9 Å². The molecule has 2 rings (SSSR count). The lowest BCUT2D eigenvalue weighted by molar-refractivity contribution is 0.105. The number of hydrogen-bond acceptors (Lipinski definition) is 2. The predicted molar refractivity (Wildman–Crippen MR) is 53.2 cm³/mol. The summed E-state index contributed by atoms with van der Waals surface area (Å²) in [4.78, 5) is 13.9. The topological polar surface area (TPSA) is 56.6 Å². The molecular formula is C10H4ClFN2O. The smallest absolute Gasteiger partial charge is 0.264 e. The van der Waals surface area contributed by atoms with Gasteiger partial charge in [0.25, 0.3) is 5.78 Å². The summed E-state index contributed by atoms with van der Waals surface area (Å²) in [6, 6.07) is 3.99. The number of carbonyl (C=O) groups is 1. The van der Waals surface area contributed by atoms with Crippen molar-refractivity contribution in [1.29, 1.82) is 5.26 Å². The minimum absolute atomic E-state index is 0.0275. The van der Waals surface area contributed by atoms with Crippen molar-refractivity contribution in [3.8, 4) is 6.07 Å². The Bertz CT molecular complexity index is 597. The molecule has 74 valence electrons. The predicted octanol–water partition coefficient (Wildman–Crippen LogP) is 2.67. The van der Waals surface area contributed by atoms with Gasteiger partial charge in [0.2, 0.25) is 0 Å². The van der Waals surface area contributed by atoms with E-state index in [-0.39, 0.29) is 10.6 Å². The lowest BCUT2D eigenvalue weighted by atomic mass is 10.1. The molecule has 0 saturated carbocycles. The summed E-state index contributed by atoms with van der Waals surface area (Å²) >= 11 is 5.57. The second-order valence-electron chi connectivity index (χ2n) is 2.96. The Morgan fingerprint density at radius 1 is 1.53 bits per heavy atom. The second-order valence-corrected chi connectivity index (χ2v) is 3.36. The van der Waals surface area contributed by atoms with Crippen LogP contribution in [0, 0.1) is 17.1 Å². The number of nitriles is 1. The Balaban J connectivity index is 2.76. The van der Waals surface area contributed by atoms with Crippen molar-refractivity contribution in [2.45, 2.75) is 0 Å². The fraction of sp³-hybridized carbons (Fsp3) is 0. The first-order valence-electron chi connectivity index (χ1n) is 4.04. The first-order chi connectivity index (χ1) is 7.13. The molecule has 1 aromatic carbocycles. The van der Waals surface area contributed by atoms with Crippen LogP contribution in [0.5, 0.6) is 0 Å². The average Bonchev–Trinajstić information content (AvgIpc) is 2.61. The van der Waals surface area contributed by atoms with Crippen LogP contribution in [0.1, 0.15) is 10.4 Å². The molecule has 0 fully saturated rings. The van der Waals surface area contributed by atoms with E-state index in [2.05, 4.69) is 4.98 Å². The zero-order valence-electron chi connectivity index (χ0n) is 7.34. The molecule has 0 aliphatic carbocycles. The summed E-state index contributed by atoms with van der Waals surface area (Å²) in [5.41, 5.74) is 0.683. The summed E-state index contributed by atoms with van der Waals surface area (Å²) in [5, 5.41) is 8.79. The number of hydrogen-bond donors (Lipinski definition) is 1. The number of halogens is 2. The van der Waals surface area contributed by atoms with Crippen molar-refractivity contribution >= 4 is 28.3 Å². The second kappa shape index (κ2) is 3.37. The molecule has 5 heteroatoms. The number of H-pyrrole nitrogens is 1. The highest BCUT2D eigenvalue weighted by atomic mass is 35.5. The summed E-state index contributed by atoms with van der Waals surface area (Å²) in [6.45, 7) is 0. The third-order valence-corrected chi connectivity index (χ3v) is 2.36. The highest BCUT2D eigenvalue weighted by Gasteiger charge is 2.13. The molecule has 0 amide bonds. The standard InChI is InChI=1S/C10H4ClFN2O/c11-7-2-9-5(1-8(7)12)6(4-14-9)10(15)3-13/h1-2,4,14H. The lowest BCUT2D eigenvalue weighted by Gasteiger charge is -1.95. The van der Waals surface area contributed by atoms with Gasteiger partial charge in [0.1, 0.15) is 11.9 Å². The molecule has 0 radical (unpaired) electrons. The fourth-order valence-corrected chi connectivity index (χ4v) is 1.53. The molecule has 3 nitrogen and oxygen atoms in total. The van der Waals surface area contributed by atoms with Crippen LogP contribution in [0.2, 0.25) is 5.02 Å². The maximum absolute atomic E-state index is 13.1. The van der Waals surface area contributed by atoms with Gasteiger partial charge in [0.15, 0.2) is 0 Å². The maximum atomic E-state index is 13.1. The maximum Gasteiger partial charge on any atom is 0.264 e. The summed E-state index contributed by atoms with van der Waals surface area (Å²) < 4.78 is 13.1. The van der Waals surface area contributed by atoms with E-state index in [1.54, 1.807) is 0 Å². The summed E-state index contributed by atoms with van der Waals surface area (Å²) in [5.74, 6) is -1.32. The SMILES string of the molecule is N#CC(=O)c1c[nH]c2cc(Cl)c(F)cc12. The van der Waals surface area contributed by atoms with Crippen molar-refractivity contribution in [3.05, 3.63) is 34.7 Å².